The minimum absolute atomic E-state index is 0.278. The van der Waals surface area contributed by atoms with Crippen molar-refractivity contribution < 1.29 is 14.2 Å². The topological polar surface area (TPSA) is 81.6 Å². The number of nitrogens with one attached hydrogen (secondary N) is 1. The van der Waals surface area contributed by atoms with Gasteiger partial charge in [0.05, 0.1) is 25.5 Å². The Labute approximate surface area is 135 Å². The highest BCUT2D eigenvalue weighted by Crippen LogP contribution is 2.32. The maximum Gasteiger partial charge on any atom is 0.247 e. The largest absolute Gasteiger partial charge is 0.376 e. The molecule has 1 unspecified atom stereocenters. The van der Waals surface area contributed by atoms with Gasteiger partial charge in [0.15, 0.2) is 11.6 Å². The number of anilines is 2. The summed E-state index contributed by atoms with van der Waals surface area (Å²) in [7, 11) is 0. The fourth-order valence-electron chi connectivity index (χ4n) is 3.37. The molecule has 3 fully saturated rings. The molecule has 3 saturated heterocycles. The summed E-state index contributed by atoms with van der Waals surface area (Å²) >= 11 is 0. The van der Waals surface area contributed by atoms with Crippen molar-refractivity contribution in [2.24, 2.45) is 0 Å². The molecule has 1 atom stereocenters. The van der Waals surface area contributed by atoms with Crippen molar-refractivity contribution in [2.45, 2.75) is 37.6 Å². The molecule has 1 spiro atoms. The van der Waals surface area contributed by atoms with E-state index in [2.05, 4.69) is 25.4 Å². The second-order valence-electron chi connectivity index (χ2n) is 6.25. The van der Waals surface area contributed by atoms with E-state index < -0.39 is 0 Å². The van der Waals surface area contributed by atoms with E-state index in [-0.39, 0.29) is 11.9 Å². The molecule has 1 aromatic heterocycles. The first-order valence-corrected chi connectivity index (χ1v) is 8.41. The molecule has 0 saturated carbocycles. The van der Waals surface area contributed by atoms with Crippen LogP contribution in [0.1, 0.15) is 25.7 Å². The molecule has 0 aliphatic carbocycles. The first-order valence-electron chi connectivity index (χ1n) is 8.41. The fraction of sp³-hybridized carbons (Fsp3) is 0.800. The lowest BCUT2D eigenvalue weighted by molar-refractivity contribution is -0.169. The second kappa shape index (κ2) is 6.54. The minimum atomic E-state index is -0.375. The zero-order valence-electron chi connectivity index (χ0n) is 13.2. The molecule has 0 amide bonds. The number of rotatable bonds is 4. The monoisotopic (exact) mass is 321 g/mol. The van der Waals surface area contributed by atoms with Crippen molar-refractivity contribution >= 4 is 11.8 Å². The van der Waals surface area contributed by atoms with Crippen LogP contribution in [0, 0.1) is 0 Å². The van der Waals surface area contributed by atoms with Gasteiger partial charge < -0.3 is 24.4 Å². The van der Waals surface area contributed by atoms with E-state index >= 15 is 0 Å². The summed E-state index contributed by atoms with van der Waals surface area (Å²) in [4.78, 5) is 6.72. The van der Waals surface area contributed by atoms with Gasteiger partial charge in [0.25, 0.3) is 0 Å². The maximum atomic E-state index is 5.75. The zero-order chi connectivity index (χ0) is 15.5. The highest BCUT2D eigenvalue weighted by molar-refractivity contribution is 5.39. The summed E-state index contributed by atoms with van der Waals surface area (Å²) in [6.07, 6.45) is 5.85. The highest BCUT2D eigenvalue weighted by Gasteiger charge is 2.40. The number of aromatic nitrogens is 3. The Hall–Kier alpha value is -1.51. The molecule has 0 bridgehead atoms. The molecule has 3 aliphatic rings. The third kappa shape index (κ3) is 3.39. The molecule has 126 valence electrons. The van der Waals surface area contributed by atoms with Gasteiger partial charge in [-0.15, -0.1) is 5.10 Å². The van der Waals surface area contributed by atoms with Gasteiger partial charge in [-0.1, -0.05) is 0 Å². The summed E-state index contributed by atoms with van der Waals surface area (Å²) in [6.45, 7) is 4.65. The van der Waals surface area contributed by atoms with E-state index in [1.165, 1.54) is 0 Å². The van der Waals surface area contributed by atoms with Crippen molar-refractivity contribution in [1.82, 2.24) is 15.2 Å². The van der Waals surface area contributed by atoms with Gasteiger partial charge in [0.1, 0.15) is 0 Å². The standard InChI is InChI=1S/C15H23N5O3/c1-2-12(21-7-1)10-16-13-11-17-19-14(18-13)20-5-3-15(4-6-20)22-8-9-23-15/h11-12H,1-10H2,(H,16,18,19). The van der Waals surface area contributed by atoms with Crippen LogP contribution in [0.25, 0.3) is 0 Å². The summed E-state index contributed by atoms with van der Waals surface area (Å²) in [5.41, 5.74) is 0. The molecule has 0 aromatic carbocycles. The Balaban J connectivity index is 1.34. The quantitative estimate of drug-likeness (QED) is 0.872. The van der Waals surface area contributed by atoms with E-state index in [1.807, 2.05) is 0 Å². The Morgan fingerprint density at radius 3 is 2.78 bits per heavy atom. The minimum Gasteiger partial charge on any atom is -0.376 e. The van der Waals surface area contributed by atoms with E-state index in [1.54, 1.807) is 6.20 Å². The third-order valence-electron chi connectivity index (χ3n) is 4.70. The maximum absolute atomic E-state index is 5.75. The average Bonchev–Trinajstić information content (AvgIpc) is 3.26. The number of hydrogen-bond donors (Lipinski definition) is 1. The van der Waals surface area contributed by atoms with Crippen molar-refractivity contribution in [3.63, 3.8) is 0 Å². The second-order valence-corrected chi connectivity index (χ2v) is 6.25. The normalized spacial score (nSPS) is 26.8. The lowest BCUT2D eigenvalue weighted by atomic mass is 10.0. The molecule has 8 nitrogen and oxygen atoms in total. The van der Waals surface area contributed by atoms with Crippen LogP contribution in [0.5, 0.6) is 0 Å². The predicted molar refractivity (Wildman–Crippen MR) is 83.4 cm³/mol. The number of ether oxygens (including phenoxy) is 3. The number of nitrogens with zero attached hydrogens (tertiary/aromatic N) is 4. The van der Waals surface area contributed by atoms with Gasteiger partial charge in [-0.3, -0.25) is 0 Å². The van der Waals surface area contributed by atoms with Crippen molar-refractivity contribution in [2.75, 3.05) is 49.7 Å². The molecule has 8 heteroatoms. The molecule has 0 radical (unpaired) electrons. The molecule has 3 aliphatic heterocycles. The Morgan fingerprint density at radius 1 is 1.22 bits per heavy atom. The van der Waals surface area contributed by atoms with E-state index in [0.29, 0.717) is 19.2 Å². The first-order chi connectivity index (χ1) is 11.3. The lowest BCUT2D eigenvalue weighted by Gasteiger charge is -2.37. The van der Waals surface area contributed by atoms with Crippen LogP contribution in [0.2, 0.25) is 0 Å². The molecule has 4 heterocycles. The van der Waals surface area contributed by atoms with Crippen LogP contribution in [-0.2, 0) is 14.2 Å². The van der Waals surface area contributed by atoms with Crippen LogP contribution in [0.3, 0.4) is 0 Å². The summed E-state index contributed by atoms with van der Waals surface area (Å²) in [5, 5.41) is 11.5. The van der Waals surface area contributed by atoms with Crippen LogP contribution in [0.4, 0.5) is 11.8 Å². The van der Waals surface area contributed by atoms with E-state index in [4.69, 9.17) is 14.2 Å². The van der Waals surface area contributed by atoms with Gasteiger partial charge >= 0.3 is 0 Å². The summed E-state index contributed by atoms with van der Waals surface area (Å²) in [6, 6.07) is 0. The zero-order valence-corrected chi connectivity index (χ0v) is 13.2. The Kier molecular flexibility index (Phi) is 4.28. The van der Waals surface area contributed by atoms with Gasteiger partial charge in [0.2, 0.25) is 5.95 Å². The van der Waals surface area contributed by atoms with E-state index in [9.17, 15) is 0 Å². The van der Waals surface area contributed by atoms with Crippen LogP contribution in [0.15, 0.2) is 6.20 Å². The van der Waals surface area contributed by atoms with Gasteiger partial charge in [-0.25, -0.2) is 0 Å². The van der Waals surface area contributed by atoms with Gasteiger partial charge in [-0.2, -0.15) is 10.1 Å². The summed E-state index contributed by atoms with van der Waals surface area (Å²) < 4.78 is 17.1. The Morgan fingerprint density at radius 2 is 2.04 bits per heavy atom. The molecular formula is C15H23N5O3. The van der Waals surface area contributed by atoms with Crippen LogP contribution in [-0.4, -0.2) is 66.5 Å². The lowest BCUT2D eigenvalue weighted by Crippen LogP contribution is -2.45. The smallest absolute Gasteiger partial charge is 0.247 e. The summed E-state index contributed by atoms with van der Waals surface area (Å²) in [5.74, 6) is 1.04. The Bertz CT molecular complexity index is 522. The molecular weight excluding hydrogens is 298 g/mol. The van der Waals surface area contributed by atoms with Gasteiger partial charge in [0, 0.05) is 39.1 Å². The average molecular weight is 321 g/mol. The predicted octanol–water partition coefficient (Wildman–Crippen LogP) is 0.806. The fourth-order valence-corrected chi connectivity index (χ4v) is 3.37. The van der Waals surface area contributed by atoms with Crippen LogP contribution >= 0.6 is 0 Å². The molecule has 1 N–H and O–H groups in total. The first kappa shape index (κ1) is 15.0. The SMILES string of the molecule is c1nnc(N2CCC3(CC2)OCCO3)nc1NCC1CCCO1. The highest BCUT2D eigenvalue weighted by atomic mass is 16.7. The van der Waals surface area contributed by atoms with Gasteiger partial charge in [-0.05, 0) is 12.8 Å². The van der Waals surface area contributed by atoms with Crippen molar-refractivity contribution in [1.29, 1.82) is 0 Å². The van der Waals surface area contributed by atoms with Crippen LogP contribution < -0.4 is 10.2 Å². The van der Waals surface area contributed by atoms with Crippen molar-refractivity contribution in [3.8, 4) is 0 Å². The number of hydrogen-bond acceptors (Lipinski definition) is 8. The van der Waals surface area contributed by atoms with Crippen molar-refractivity contribution in [3.05, 3.63) is 6.20 Å². The molecule has 23 heavy (non-hydrogen) atoms. The molecule has 1 aromatic rings. The van der Waals surface area contributed by atoms with E-state index in [0.717, 1.165) is 57.7 Å². The number of piperidine rings is 1. The molecule has 4 rings (SSSR count). The third-order valence-corrected chi connectivity index (χ3v) is 4.70.